The van der Waals surface area contributed by atoms with Gasteiger partial charge in [0.1, 0.15) is 18.3 Å². The van der Waals surface area contributed by atoms with Crippen molar-refractivity contribution in [2.45, 2.75) is 87.3 Å². The van der Waals surface area contributed by atoms with Gasteiger partial charge in [0, 0.05) is 24.1 Å². The molecule has 2 aliphatic carbocycles. The van der Waals surface area contributed by atoms with E-state index in [1.54, 1.807) is 24.6 Å². The maximum Gasteiger partial charge on any atom is 0.191 e. The summed E-state index contributed by atoms with van der Waals surface area (Å²) in [7, 11) is 0. The zero-order valence-electron chi connectivity index (χ0n) is 20.1. The number of hydrogen-bond acceptors (Lipinski definition) is 8. The SMILES string of the molecule is CCCSc1nc(N[C@@H]2C[C@H]2c2ccc(F)c(F)c2)c2nnn([C@H]3C[C@@H]([O])[C@@H]4OC(C)(C)O[C@@H]43)c2n1. The molecule has 1 radical (unpaired) electrons. The van der Waals surface area contributed by atoms with E-state index in [1.165, 1.54) is 17.8 Å². The topological polar surface area (TPSA) is 107 Å². The van der Waals surface area contributed by atoms with Crippen LogP contribution in [0.5, 0.6) is 0 Å². The van der Waals surface area contributed by atoms with Crippen LogP contribution in [0.25, 0.3) is 11.2 Å². The molecule has 1 aromatic carbocycles. The van der Waals surface area contributed by atoms with Crippen LogP contribution in [0.4, 0.5) is 14.6 Å². The molecule has 6 rings (SSSR count). The summed E-state index contributed by atoms with van der Waals surface area (Å²) in [5, 5.41) is 25.5. The number of aromatic nitrogens is 5. The second kappa shape index (κ2) is 8.86. The van der Waals surface area contributed by atoms with Gasteiger partial charge in [0.15, 0.2) is 39.6 Å². The number of nitrogens with zero attached hydrogens (tertiary/aromatic N) is 5. The Morgan fingerprint density at radius 1 is 1.17 bits per heavy atom. The maximum atomic E-state index is 13.7. The Labute approximate surface area is 211 Å². The van der Waals surface area contributed by atoms with Crippen molar-refractivity contribution >= 4 is 28.7 Å². The molecule has 1 N–H and O–H groups in total. The molecule has 2 saturated carbocycles. The van der Waals surface area contributed by atoms with Gasteiger partial charge in [0.25, 0.3) is 0 Å². The predicted molar refractivity (Wildman–Crippen MR) is 127 cm³/mol. The molecule has 12 heteroatoms. The molecule has 3 aliphatic rings. The van der Waals surface area contributed by atoms with Crippen molar-refractivity contribution in [2.75, 3.05) is 11.1 Å². The van der Waals surface area contributed by atoms with Crippen LogP contribution in [-0.2, 0) is 14.6 Å². The number of halogens is 2. The Morgan fingerprint density at radius 2 is 1.97 bits per heavy atom. The van der Waals surface area contributed by atoms with Crippen molar-refractivity contribution < 1.29 is 23.4 Å². The molecule has 3 fully saturated rings. The molecule has 0 bridgehead atoms. The summed E-state index contributed by atoms with van der Waals surface area (Å²) in [6.45, 7) is 5.69. The largest absolute Gasteiger partial charge is 0.365 e. The van der Waals surface area contributed by atoms with Gasteiger partial charge in [-0.1, -0.05) is 30.0 Å². The first-order chi connectivity index (χ1) is 17.2. The van der Waals surface area contributed by atoms with Crippen LogP contribution < -0.4 is 5.32 Å². The molecule has 3 aromatic rings. The van der Waals surface area contributed by atoms with E-state index in [0.29, 0.717) is 28.6 Å². The summed E-state index contributed by atoms with van der Waals surface area (Å²) in [4.78, 5) is 9.44. The van der Waals surface area contributed by atoms with Gasteiger partial charge in [-0.2, -0.15) is 0 Å². The first-order valence-corrected chi connectivity index (χ1v) is 13.2. The first-order valence-electron chi connectivity index (χ1n) is 12.2. The minimum absolute atomic E-state index is 0.00335. The summed E-state index contributed by atoms with van der Waals surface area (Å²) in [6.07, 6.45) is 0.0875. The molecule has 2 aromatic heterocycles. The Hall–Kier alpha value is -2.41. The summed E-state index contributed by atoms with van der Waals surface area (Å²) in [5.41, 5.74) is 1.76. The molecule has 191 valence electrons. The van der Waals surface area contributed by atoms with Crippen LogP contribution in [0.15, 0.2) is 23.4 Å². The Kier molecular flexibility index (Phi) is 5.90. The number of rotatable bonds is 7. The van der Waals surface area contributed by atoms with E-state index < -0.39 is 35.7 Å². The zero-order valence-corrected chi connectivity index (χ0v) is 21.0. The van der Waals surface area contributed by atoms with Crippen LogP contribution >= 0.6 is 11.8 Å². The lowest BCUT2D eigenvalue weighted by Gasteiger charge is -2.22. The van der Waals surface area contributed by atoms with Crippen LogP contribution in [0.1, 0.15) is 57.6 Å². The van der Waals surface area contributed by atoms with Crippen LogP contribution in [-0.4, -0.2) is 60.9 Å². The maximum absolute atomic E-state index is 13.7. The van der Waals surface area contributed by atoms with Crippen molar-refractivity contribution in [1.82, 2.24) is 25.0 Å². The second-order valence-electron chi connectivity index (χ2n) is 10.1. The van der Waals surface area contributed by atoms with Gasteiger partial charge in [-0.05, 0) is 44.4 Å². The highest BCUT2D eigenvalue weighted by Crippen LogP contribution is 2.46. The number of anilines is 1. The third kappa shape index (κ3) is 4.23. The average Bonchev–Trinajstić information content (AvgIpc) is 3.19. The van der Waals surface area contributed by atoms with Gasteiger partial charge in [0.2, 0.25) is 0 Å². The molecule has 3 heterocycles. The Balaban J connectivity index is 1.32. The molecule has 9 nitrogen and oxygen atoms in total. The molecular formula is C24H27F2N6O3S. The minimum atomic E-state index is -0.933. The highest BCUT2D eigenvalue weighted by atomic mass is 32.2. The average molecular weight is 518 g/mol. The van der Waals surface area contributed by atoms with Crippen molar-refractivity contribution in [3.05, 3.63) is 35.4 Å². The number of ether oxygens (including phenoxy) is 2. The quantitative estimate of drug-likeness (QED) is 0.367. The molecule has 1 saturated heterocycles. The van der Waals surface area contributed by atoms with Gasteiger partial charge >= 0.3 is 0 Å². The van der Waals surface area contributed by atoms with E-state index >= 15 is 0 Å². The van der Waals surface area contributed by atoms with Crippen LogP contribution in [0.3, 0.4) is 0 Å². The number of thioether (sulfide) groups is 1. The van der Waals surface area contributed by atoms with E-state index in [4.69, 9.17) is 19.4 Å². The third-order valence-electron chi connectivity index (χ3n) is 6.92. The van der Waals surface area contributed by atoms with Crippen molar-refractivity contribution in [1.29, 1.82) is 0 Å². The van der Waals surface area contributed by atoms with E-state index in [2.05, 4.69) is 22.6 Å². The van der Waals surface area contributed by atoms with Gasteiger partial charge in [-0.25, -0.2) is 28.5 Å². The fourth-order valence-electron chi connectivity index (χ4n) is 5.18. The summed E-state index contributed by atoms with van der Waals surface area (Å²) >= 11 is 1.53. The van der Waals surface area contributed by atoms with Gasteiger partial charge in [-0.3, -0.25) is 0 Å². The van der Waals surface area contributed by atoms with E-state index in [0.717, 1.165) is 30.2 Å². The van der Waals surface area contributed by atoms with E-state index in [-0.39, 0.29) is 18.0 Å². The summed E-state index contributed by atoms with van der Waals surface area (Å²) in [5.74, 6) is -1.12. The monoisotopic (exact) mass is 517 g/mol. The third-order valence-corrected chi connectivity index (χ3v) is 7.97. The number of benzene rings is 1. The predicted octanol–water partition coefficient (Wildman–Crippen LogP) is 4.23. The molecule has 0 spiro atoms. The second-order valence-corrected chi connectivity index (χ2v) is 11.1. The van der Waals surface area contributed by atoms with E-state index in [1.807, 2.05) is 0 Å². The Bertz CT molecular complexity index is 1310. The zero-order chi connectivity index (χ0) is 25.2. The standard InChI is InChI=1S/C24H27F2N6O3S/c1-4-7-36-23-28-21(27-15-9-12(15)11-5-6-13(25)14(26)8-11)18-22(29-23)32(31-30-18)16-10-17(33)20-19(16)34-24(2,3)35-20/h5-6,8,12,15-17,19-20H,4,7,9-10H2,1-3H3,(H,27,28,29)/t12-,15+,16-,17+,19+,20-/m0/s1. The van der Waals surface area contributed by atoms with Gasteiger partial charge in [0.05, 0.1) is 6.04 Å². The van der Waals surface area contributed by atoms with Crippen molar-refractivity contribution in [3.8, 4) is 0 Å². The van der Waals surface area contributed by atoms with Crippen molar-refractivity contribution in [3.63, 3.8) is 0 Å². The molecule has 6 atom stereocenters. The van der Waals surface area contributed by atoms with Gasteiger partial charge in [-0.15, -0.1) is 5.10 Å². The number of hydrogen-bond donors (Lipinski definition) is 1. The summed E-state index contributed by atoms with van der Waals surface area (Å²) < 4.78 is 40.7. The number of nitrogens with one attached hydrogen (secondary N) is 1. The van der Waals surface area contributed by atoms with Crippen LogP contribution in [0.2, 0.25) is 0 Å². The molecule has 0 amide bonds. The smallest absolute Gasteiger partial charge is 0.191 e. The Morgan fingerprint density at radius 3 is 2.75 bits per heavy atom. The highest BCUT2D eigenvalue weighted by Gasteiger charge is 2.56. The van der Waals surface area contributed by atoms with E-state index in [9.17, 15) is 13.9 Å². The lowest BCUT2D eigenvalue weighted by atomic mass is 10.1. The lowest BCUT2D eigenvalue weighted by Crippen LogP contribution is -2.28. The van der Waals surface area contributed by atoms with Crippen molar-refractivity contribution in [2.24, 2.45) is 0 Å². The molecule has 36 heavy (non-hydrogen) atoms. The normalized spacial score (nSPS) is 30.6. The minimum Gasteiger partial charge on any atom is -0.365 e. The van der Waals surface area contributed by atoms with Gasteiger partial charge < -0.3 is 14.8 Å². The number of fused-ring (bicyclic) bond motifs is 2. The highest BCUT2D eigenvalue weighted by molar-refractivity contribution is 7.99. The molecule has 1 aliphatic heterocycles. The first kappa shape index (κ1) is 24.0. The fourth-order valence-corrected chi connectivity index (χ4v) is 5.87. The summed E-state index contributed by atoms with van der Waals surface area (Å²) in [6, 6.07) is 3.66. The lowest BCUT2D eigenvalue weighted by molar-refractivity contribution is -0.170. The van der Waals surface area contributed by atoms with Crippen LogP contribution in [0, 0.1) is 11.6 Å². The fraction of sp³-hybridized carbons (Fsp3) is 0.583. The molecular weight excluding hydrogens is 490 g/mol. The molecule has 0 unspecified atom stereocenters.